The highest BCUT2D eigenvalue weighted by Gasteiger charge is 2.46. The second-order valence-electron chi connectivity index (χ2n) is 9.44. The summed E-state index contributed by atoms with van der Waals surface area (Å²) in [5, 5.41) is 0.487. The molecule has 0 bridgehead atoms. The normalized spacial score (nSPS) is 18.6. The predicted octanol–water partition coefficient (Wildman–Crippen LogP) is 8.66. The monoisotopic (exact) mass is 526 g/mol. The van der Waals surface area contributed by atoms with Gasteiger partial charge in [-0.05, 0) is 97.5 Å². The van der Waals surface area contributed by atoms with E-state index in [0.29, 0.717) is 5.25 Å². The molecule has 6 heteroatoms. The van der Waals surface area contributed by atoms with E-state index in [4.69, 9.17) is 14.2 Å². The molecule has 0 spiro atoms. The predicted molar refractivity (Wildman–Crippen MR) is 151 cm³/mol. The summed E-state index contributed by atoms with van der Waals surface area (Å²) in [6, 6.07) is 25.5. The van der Waals surface area contributed by atoms with Gasteiger partial charge in [0.25, 0.3) is 0 Å². The lowest BCUT2D eigenvalue weighted by Crippen LogP contribution is -2.41. The molecule has 1 saturated carbocycles. The molecule has 0 amide bonds. The van der Waals surface area contributed by atoms with Crippen LogP contribution in [0.15, 0.2) is 87.5 Å². The molecule has 186 valence electrons. The topological polar surface area (TPSA) is 27.7 Å². The van der Waals surface area contributed by atoms with Crippen LogP contribution in [0, 0.1) is 5.41 Å². The second kappa shape index (κ2) is 11.4. The van der Waals surface area contributed by atoms with Gasteiger partial charge in [-0.25, -0.2) is 0 Å². The third kappa shape index (κ3) is 6.66. The van der Waals surface area contributed by atoms with Crippen molar-refractivity contribution in [3.63, 3.8) is 0 Å². The zero-order chi connectivity index (χ0) is 24.9. The fourth-order valence-electron chi connectivity index (χ4n) is 4.28. The van der Waals surface area contributed by atoms with Crippen molar-refractivity contribution in [3.8, 4) is 17.2 Å². The van der Waals surface area contributed by atoms with Crippen molar-refractivity contribution in [3.05, 3.63) is 72.8 Å². The first kappa shape index (κ1) is 26.2. The zero-order valence-corrected chi connectivity index (χ0v) is 23.5. The Bertz CT molecular complexity index is 1030. The Hall–Kier alpha value is -1.89. The lowest BCUT2D eigenvalue weighted by atomic mass is 9.76. The highest BCUT2D eigenvalue weighted by Crippen LogP contribution is 2.60. The lowest BCUT2D eigenvalue weighted by molar-refractivity contribution is 0.252. The van der Waals surface area contributed by atoms with E-state index in [2.05, 4.69) is 86.6 Å². The summed E-state index contributed by atoms with van der Waals surface area (Å²) < 4.78 is 16.2. The van der Waals surface area contributed by atoms with E-state index in [-0.39, 0.29) is 9.49 Å². The van der Waals surface area contributed by atoms with Gasteiger partial charge in [0.1, 0.15) is 17.2 Å². The van der Waals surface area contributed by atoms with Crippen molar-refractivity contribution in [1.82, 2.24) is 0 Å². The first-order chi connectivity index (χ1) is 16.8. The minimum atomic E-state index is 0.0306. The van der Waals surface area contributed by atoms with Crippen LogP contribution >= 0.6 is 35.3 Å². The summed E-state index contributed by atoms with van der Waals surface area (Å²) in [5.41, 5.74) is 0.245. The van der Waals surface area contributed by atoms with E-state index in [1.807, 2.05) is 35.3 Å². The van der Waals surface area contributed by atoms with E-state index in [1.165, 1.54) is 21.1 Å². The SMILES string of the molecule is COc1ccc(SC2CC(Sc3ccc(OC)cc3)(Sc3ccc(OC)cc3)CCC2(C)C)cc1. The van der Waals surface area contributed by atoms with E-state index < -0.39 is 0 Å². The van der Waals surface area contributed by atoms with Gasteiger partial charge in [0.15, 0.2) is 0 Å². The molecule has 4 rings (SSSR count). The van der Waals surface area contributed by atoms with Gasteiger partial charge in [-0.3, -0.25) is 0 Å². The quantitative estimate of drug-likeness (QED) is 0.259. The highest BCUT2D eigenvalue weighted by atomic mass is 32.2. The Balaban J connectivity index is 1.62. The molecule has 35 heavy (non-hydrogen) atoms. The van der Waals surface area contributed by atoms with Crippen LogP contribution in [0.2, 0.25) is 0 Å². The van der Waals surface area contributed by atoms with Crippen LogP contribution in [0.25, 0.3) is 0 Å². The van der Waals surface area contributed by atoms with Gasteiger partial charge in [0.05, 0.1) is 25.4 Å². The number of hydrogen-bond acceptors (Lipinski definition) is 6. The number of rotatable bonds is 9. The molecule has 1 fully saturated rings. The van der Waals surface area contributed by atoms with Gasteiger partial charge >= 0.3 is 0 Å². The zero-order valence-electron chi connectivity index (χ0n) is 21.1. The summed E-state index contributed by atoms with van der Waals surface area (Å²) in [6.07, 6.45) is 3.42. The minimum Gasteiger partial charge on any atom is -0.497 e. The van der Waals surface area contributed by atoms with Crippen molar-refractivity contribution in [2.45, 2.75) is 57.1 Å². The summed E-state index contributed by atoms with van der Waals surface area (Å²) in [6.45, 7) is 4.85. The molecule has 1 aliphatic rings. The molecule has 3 aromatic carbocycles. The molecule has 0 heterocycles. The van der Waals surface area contributed by atoms with Gasteiger partial charge < -0.3 is 14.2 Å². The molecule has 1 aliphatic carbocycles. The molecule has 1 atom stereocenters. The summed E-state index contributed by atoms with van der Waals surface area (Å²) in [7, 11) is 5.15. The van der Waals surface area contributed by atoms with Crippen molar-refractivity contribution >= 4 is 35.3 Å². The van der Waals surface area contributed by atoms with Crippen molar-refractivity contribution in [1.29, 1.82) is 0 Å². The van der Waals surface area contributed by atoms with E-state index in [0.717, 1.165) is 30.1 Å². The number of hydrogen-bond donors (Lipinski definition) is 0. The van der Waals surface area contributed by atoms with Crippen molar-refractivity contribution in [2.24, 2.45) is 5.41 Å². The average molecular weight is 527 g/mol. The molecular weight excluding hydrogens is 493 g/mol. The Morgan fingerprint density at radius 1 is 0.600 bits per heavy atom. The Labute approximate surface area is 222 Å². The van der Waals surface area contributed by atoms with Crippen LogP contribution in [0.3, 0.4) is 0 Å². The van der Waals surface area contributed by atoms with Gasteiger partial charge in [-0.1, -0.05) is 13.8 Å². The summed E-state index contributed by atoms with van der Waals surface area (Å²) in [4.78, 5) is 3.85. The molecule has 0 saturated heterocycles. The number of benzene rings is 3. The summed E-state index contributed by atoms with van der Waals surface area (Å²) >= 11 is 6.00. The summed E-state index contributed by atoms with van der Waals surface area (Å²) in [5.74, 6) is 2.68. The maximum atomic E-state index is 5.39. The Morgan fingerprint density at radius 3 is 1.40 bits per heavy atom. The molecule has 1 unspecified atom stereocenters. The first-order valence-corrected chi connectivity index (χ1v) is 14.3. The van der Waals surface area contributed by atoms with Crippen LogP contribution < -0.4 is 14.2 Å². The van der Waals surface area contributed by atoms with Crippen LogP contribution in [0.5, 0.6) is 17.2 Å². The van der Waals surface area contributed by atoms with E-state index >= 15 is 0 Å². The van der Waals surface area contributed by atoms with Gasteiger partial charge in [-0.2, -0.15) is 0 Å². The van der Waals surface area contributed by atoms with E-state index in [1.54, 1.807) is 21.3 Å². The maximum Gasteiger partial charge on any atom is 0.118 e. The Morgan fingerprint density at radius 2 is 1.00 bits per heavy atom. The first-order valence-electron chi connectivity index (χ1n) is 11.8. The fourth-order valence-corrected chi connectivity index (χ4v) is 8.97. The molecule has 0 radical (unpaired) electrons. The van der Waals surface area contributed by atoms with Crippen LogP contribution in [0.1, 0.15) is 33.1 Å². The second-order valence-corrected chi connectivity index (χ2v) is 13.9. The van der Waals surface area contributed by atoms with E-state index in [9.17, 15) is 0 Å². The molecule has 3 nitrogen and oxygen atoms in total. The number of methoxy groups -OCH3 is 3. The molecule has 0 aliphatic heterocycles. The van der Waals surface area contributed by atoms with Crippen molar-refractivity contribution in [2.75, 3.05) is 21.3 Å². The van der Waals surface area contributed by atoms with Gasteiger partial charge in [0.2, 0.25) is 0 Å². The maximum absolute atomic E-state index is 5.39. The minimum absolute atomic E-state index is 0.0306. The van der Waals surface area contributed by atoms with Gasteiger partial charge in [0, 0.05) is 19.9 Å². The molecule has 0 aromatic heterocycles. The molecular formula is C29H34O3S3. The van der Waals surface area contributed by atoms with Crippen molar-refractivity contribution < 1.29 is 14.2 Å². The average Bonchev–Trinajstić information content (AvgIpc) is 2.88. The third-order valence-electron chi connectivity index (χ3n) is 6.58. The smallest absolute Gasteiger partial charge is 0.118 e. The fraction of sp³-hybridized carbons (Fsp3) is 0.379. The van der Waals surface area contributed by atoms with Crippen LogP contribution in [-0.4, -0.2) is 30.7 Å². The van der Waals surface area contributed by atoms with Crippen LogP contribution in [-0.2, 0) is 0 Å². The standard InChI is InChI=1S/C29H34O3S3/c1-28(2)18-19-29(34-25-14-8-22(31-4)9-15-25,35-26-16-10-23(32-5)11-17-26)20-27(28)33-24-12-6-21(30-3)7-13-24/h6-17,27H,18-20H2,1-5H3. The van der Waals surface area contributed by atoms with Gasteiger partial charge in [-0.15, -0.1) is 35.3 Å². The highest BCUT2D eigenvalue weighted by molar-refractivity contribution is 8.18. The lowest BCUT2D eigenvalue weighted by Gasteiger charge is -2.48. The number of ether oxygens (including phenoxy) is 3. The largest absolute Gasteiger partial charge is 0.497 e. The molecule has 3 aromatic rings. The molecule has 0 N–H and O–H groups in total. The van der Waals surface area contributed by atoms with Crippen LogP contribution in [0.4, 0.5) is 0 Å². The third-order valence-corrected chi connectivity index (χ3v) is 11.2. The Kier molecular flexibility index (Phi) is 8.56. The number of thioether (sulfide) groups is 3.